The van der Waals surface area contributed by atoms with Crippen molar-refractivity contribution in [2.75, 3.05) is 26.3 Å². The standard InChI is InChI=1S/C22H24ClNO4/c23-19-10-8-17(9-11-19)22(16-5-2-1-3-6-16)18-7-4-12-24(13-18)20(25)14-28-15-21(26)27/h1-3,5-6,8-11,18,22H,4,7,12-15H2,(H,26,27). The van der Waals surface area contributed by atoms with E-state index >= 15 is 0 Å². The Morgan fingerprint density at radius 2 is 1.75 bits per heavy atom. The number of piperidine rings is 1. The Morgan fingerprint density at radius 3 is 2.43 bits per heavy atom. The fourth-order valence-electron chi connectivity index (χ4n) is 3.89. The van der Waals surface area contributed by atoms with Crippen LogP contribution in [0.15, 0.2) is 54.6 Å². The predicted molar refractivity (Wildman–Crippen MR) is 107 cm³/mol. The molecule has 1 amide bonds. The number of carbonyl (C=O) groups excluding carboxylic acids is 1. The second-order valence-corrected chi connectivity index (χ2v) is 7.50. The minimum atomic E-state index is -1.07. The minimum absolute atomic E-state index is 0.158. The van der Waals surface area contributed by atoms with Gasteiger partial charge in [-0.25, -0.2) is 4.79 Å². The van der Waals surface area contributed by atoms with E-state index in [2.05, 4.69) is 24.3 Å². The van der Waals surface area contributed by atoms with Gasteiger partial charge in [0.2, 0.25) is 5.91 Å². The summed E-state index contributed by atoms with van der Waals surface area (Å²) >= 11 is 6.08. The van der Waals surface area contributed by atoms with Crippen molar-refractivity contribution in [2.24, 2.45) is 5.92 Å². The molecule has 0 aliphatic carbocycles. The Morgan fingerprint density at radius 1 is 1.07 bits per heavy atom. The summed E-state index contributed by atoms with van der Waals surface area (Å²) in [6, 6.07) is 18.2. The van der Waals surface area contributed by atoms with Gasteiger partial charge in [-0.15, -0.1) is 0 Å². The van der Waals surface area contributed by atoms with Gasteiger partial charge < -0.3 is 14.7 Å². The van der Waals surface area contributed by atoms with Gasteiger partial charge in [-0.05, 0) is 42.0 Å². The fourth-order valence-corrected chi connectivity index (χ4v) is 4.02. The Hall–Kier alpha value is -2.37. The summed E-state index contributed by atoms with van der Waals surface area (Å²) in [6.45, 7) is 0.641. The number of hydrogen-bond donors (Lipinski definition) is 1. The molecular weight excluding hydrogens is 378 g/mol. The summed E-state index contributed by atoms with van der Waals surface area (Å²) in [5.41, 5.74) is 2.39. The SMILES string of the molecule is O=C(O)COCC(=O)N1CCCC(C(c2ccccc2)c2ccc(Cl)cc2)C1. The number of halogens is 1. The molecule has 1 heterocycles. The molecule has 1 N–H and O–H groups in total. The zero-order chi connectivity index (χ0) is 19.9. The lowest BCUT2D eigenvalue weighted by Crippen LogP contribution is -2.43. The number of ether oxygens (including phenoxy) is 1. The number of carboxylic acid groups (broad SMARTS) is 1. The van der Waals surface area contributed by atoms with Crippen LogP contribution in [0.5, 0.6) is 0 Å². The van der Waals surface area contributed by atoms with E-state index in [1.54, 1.807) is 4.90 Å². The molecule has 0 bridgehead atoms. The summed E-state index contributed by atoms with van der Waals surface area (Å²) in [6.07, 6.45) is 1.92. The van der Waals surface area contributed by atoms with Gasteiger partial charge in [-0.2, -0.15) is 0 Å². The maximum atomic E-state index is 12.5. The van der Waals surface area contributed by atoms with Crippen LogP contribution >= 0.6 is 11.6 Å². The molecule has 2 atom stereocenters. The smallest absolute Gasteiger partial charge is 0.329 e. The van der Waals surface area contributed by atoms with E-state index in [1.807, 2.05) is 30.3 Å². The first-order valence-corrected chi connectivity index (χ1v) is 9.80. The van der Waals surface area contributed by atoms with Crippen LogP contribution in [0.2, 0.25) is 5.02 Å². The Bertz CT molecular complexity index is 794. The van der Waals surface area contributed by atoms with E-state index in [9.17, 15) is 9.59 Å². The van der Waals surface area contributed by atoms with E-state index < -0.39 is 12.6 Å². The van der Waals surface area contributed by atoms with Gasteiger partial charge in [0.25, 0.3) is 0 Å². The molecule has 0 spiro atoms. The molecule has 3 rings (SSSR count). The van der Waals surface area contributed by atoms with E-state index in [4.69, 9.17) is 21.4 Å². The second kappa shape index (κ2) is 9.71. The lowest BCUT2D eigenvalue weighted by Gasteiger charge is -2.37. The molecule has 6 heteroatoms. The molecule has 1 fully saturated rings. The average molecular weight is 402 g/mol. The summed E-state index contributed by atoms with van der Waals surface area (Å²) in [4.78, 5) is 24.8. The van der Waals surface area contributed by atoms with Gasteiger partial charge in [-0.3, -0.25) is 4.79 Å². The van der Waals surface area contributed by atoms with Gasteiger partial charge in [0.05, 0.1) is 0 Å². The first-order chi connectivity index (χ1) is 13.5. The third-order valence-electron chi connectivity index (χ3n) is 5.12. The van der Waals surface area contributed by atoms with Gasteiger partial charge in [0, 0.05) is 24.0 Å². The minimum Gasteiger partial charge on any atom is -0.480 e. The van der Waals surface area contributed by atoms with E-state index in [-0.39, 0.29) is 24.3 Å². The van der Waals surface area contributed by atoms with Crippen molar-refractivity contribution in [3.8, 4) is 0 Å². The van der Waals surface area contributed by atoms with Crippen LogP contribution in [0.3, 0.4) is 0 Å². The van der Waals surface area contributed by atoms with Crippen molar-refractivity contribution < 1.29 is 19.4 Å². The van der Waals surface area contributed by atoms with Crippen LogP contribution < -0.4 is 0 Å². The van der Waals surface area contributed by atoms with Crippen LogP contribution in [-0.2, 0) is 14.3 Å². The van der Waals surface area contributed by atoms with Crippen molar-refractivity contribution in [3.05, 3.63) is 70.7 Å². The van der Waals surface area contributed by atoms with E-state index in [1.165, 1.54) is 11.1 Å². The lowest BCUT2D eigenvalue weighted by atomic mass is 9.77. The average Bonchev–Trinajstić information content (AvgIpc) is 2.70. The van der Waals surface area contributed by atoms with E-state index in [0.717, 1.165) is 12.8 Å². The summed E-state index contributed by atoms with van der Waals surface area (Å²) in [5.74, 6) is -0.806. The lowest BCUT2D eigenvalue weighted by molar-refractivity contribution is -0.146. The van der Waals surface area contributed by atoms with Gasteiger partial charge in [-0.1, -0.05) is 54.1 Å². The molecule has 2 unspecified atom stereocenters. The molecule has 5 nitrogen and oxygen atoms in total. The number of carboxylic acids is 1. The zero-order valence-corrected chi connectivity index (χ0v) is 16.3. The summed E-state index contributed by atoms with van der Waals surface area (Å²) in [5, 5.41) is 9.36. The van der Waals surface area contributed by atoms with Crippen molar-refractivity contribution >= 4 is 23.5 Å². The van der Waals surface area contributed by atoms with Gasteiger partial charge in [0.1, 0.15) is 13.2 Å². The van der Waals surface area contributed by atoms with E-state index in [0.29, 0.717) is 18.1 Å². The van der Waals surface area contributed by atoms with Crippen LogP contribution in [0.1, 0.15) is 29.9 Å². The molecule has 1 saturated heterocycles. The normalized spacial score (nSPS) is 17.9. The molecule has 28 heavy (non-hydrogen) atoms. The maximum absolute atomic E-state index is 12.5. The fraction of sp³-hybridized carbons (Fsp3) is 0.364. The Kier molecular flexibility index (Phi) is 7.06. The predicted octanol–water partition coefficient (Wildman–Crippen LogP) is 3.81. The highest BCUT2D eigenvalue weighted by atomic mass is 35.5. The first kappa shape index (κ1) is 20.4. The summed E-state index contributed by atoms with van der Waals surface area (Å²) < 4.78 is 4.98. The highest BCUT2D eigenvalue weighted by molar-refractivity contribution is 6.30. The third-order valence-corrected chi connectivity index (χ3v) is 5.37. The van der Waals surface area contributed by atoms with Gasteiger partial charge >= 0.3 is 5.97 Å². The number of rotatable bonds is 7. The molecular formula is C22H24ClNO4. The molecule has 0 aromatic heterocycles. The molecule has 0 radical (unpaired) electrons. The quantitative estimate of drug-likeness (QED) is 0.766. The van der Waals surface area contributed by atoms with Crippen LogP contribution in [0.4, 0.5) is 0 Å². The van der Waals surface area contributed by atoms with Crippen LogP contribution in [-0.4, -0.2) is 48.2 Å². The molecule has 0 saturated carbocycles. The van der Waals surface area contributed by atoms with Crippen LogP contribution in [0.25, 0.3) is 0 Å². The monoisotopic (exact) mass is 401 g/mol. The number of hydrogen-bond acceptors (Lipinski definition) is 3. The Labute approximate surface area is 169 Å². The number of amides is 1. The molecule has 2 aromatic carbocycles. The highest BCUT2D eigenvalue weighted by Crippen LogP contribution is 2.37. The molecule has 148 valence electrons. The number of nitrogens with zero attached hydrogens (tertiary/aromatic N) is 1. The van der Waals surface area contributed by atoms with Gasteiger partial charge in [0.15, 0.2) is 0 Å². The molecule has 2 aromatic rings. The van der Waals surface area contributed by atoms with Crippen molar-refractivity contribution in [1.29, 1.82) is 0 Å². The topological polar surface area (TPSA) is 66.8 Å². The number of carbonyl (C=O) groups is 2. The number of likely N-dealkylation sites (tertiary alicyclic amines) is 1. The summed E-state index contributed by atoms with van der Waals surface area (Å²) in [7, 11) is 0. The Balaban J connectivity index is 1.77. The van der Waals surface area contributed by atoms with Crippen LogP contribution in [0, 0.1) is 5.92 Å². The largest absolute Gasteiger partial charge is 0.480 e. The maximum Gasteiger partial charge on any atom is 0.329 e. The highest BCUT2D eigenvalue weighted by Gasteiger charge is 2.31. The zero-order valence-electron chi connectivity index (χ0n) is 15.6. The third kappa shape index (κ3) is 5.33. The first-order valence-electron chi connectivity index (χ1n) is 9.42. The number of benzene rings is 2. The van der Waals surface area contributed by atoms with Crippen molar-refractivity contribution in [1.82, 2.24) is 4.90 Å². The molecule has 1 aliphatic rings. The van der Waals surface area contributed by atoms with Crippen molar-refractivity contribution in [3.63, 3.8) is 0 Å². The molecule has 1 aliphatic heterocycles. The second-order valence-electron chi connectivity index (χ2n) is 7.07. The van der Waals surface area contributed by atoms with Crippen molar-refractivity contribution in [2.45, 2.75) is 18.8 Å². The number of aliphatic carboxylic acids is 1.